The Labute approximate surface area is 166 Å². The van der Waals surface area contributed by atoms with Gasteiger partial charge in [0.2, 0.25) is 0 Å². The van der Waals surface area contributed by atoms with Crippen molar-refractivity contribution in [1.29, 1.82) is 0 Å². The molecule has 2 aromatic rings. The number of carbonyl (C=O) groups is 1. The van der Waals surface area contributed by atoms with Crippen LogP contribution in [0.3, 0.4) is 0 Å². The molecule has 0 saturated carbocycles. The maximum Gasteiger partial charge on any atom is 0.319 e. The highest BCUT2D eigenvalue weighted by molar-refractivity contribution is 6.30. The topological polar surface area (TPSA) is 47.6 Å². The maximum absolute atomic E-state index is 12.5. The average Bonchev–Trinajstić information content (AvgIpc) is 2.64. The van der Waals surface area contributed by atoms with Gasteiger partial charge in [-0.15, -0.1) is 0 Å². The number of nitrogens with zero attached hydrogens (tertiary/aromatic N) is 2. The molecule has 27 heavy (non-hydrogen) atoms. The van der Waals surface area contributed by atoms with Crippen LogP contribution in [0.4, 0.5) is 10.5 Å². The first-order chi connectivity index (χ1) is 13.0. The maximum atomic E-state index is 12.5. The smallest absolute Gasteiger partial charge is 0.319 e. The average molecular weight is 387 g/mol. The first-order valence-corrected chi connectivity index (χ1v) is 9.71. The number of halogens is 1. The van der Waals surface area contributed by atoms with Gasteiger partial charge in [-0.3, -0.25) is 4.90 Å². The fourth-order valence-corrected chi connectivity index (χ4v) is 3.78. The third-order valence-corrected chi connectivity index (χ3v) is 5.22. The summed E-state index contributed by atoms with van der Waals surface area (Å²) in [4.78, 5) is 17.3. The Balaban J connectivity index is 1.70. The molecule has 1 saturated heterocycles. The lowest BCUT2D eigenvalue weighted by Gasteiger charge is -2.41. The zero-order chi connectivity index (χ0) is 19.2. The van der Waals surface area contributed by atoms with Gasteiger partial charge < -0.3 is 15.5 Å². The predicted molar refractivity (Wildman–Crippen MR) is 111 cm³/mol. The van der Waals surface area contributed by atoms with Crippen LogP contribution >= 0.6 is 11.6 Å². The molecule has 3 rings (SSSR count). The largest absolute Gasteiger partial charge is 0.333 e. The lowest BCUT2D eigenvalue weighted by Crippen LogP contribution is -2.52. The molecule has 1 heterocycles. The summed E-state index contributed by atoms with van der Waals surface area (Å²) in [6.45, 7) is 6.10. The Morgan fingerprint density at radius 3 is 2.41 bits per heavy atom. The third kappa shape index (κ3) is 5.45. The molecule has 6 heteroatoms. The highest BCUT2D eigenvalue weighted by atomic mass is 35.5. The highest BCUT2D eigenvalue weighted by Crippen LogP contribution is 2.25. The molecular weight excluding hydrogens is 360 g/mol. The van der Waals surface area contributed by atoms with Gasteiger partial charge in [-0.2, -0.15) is 0 Å². The summed E-state index contributed by atoms with van der Waals surface area (Å²) in [7, 11) is 2.15. The molecule has 1 aliphatic rings. The molecule has 144 valence electrons. The molecule has 0 radical (unpaired) electrons. The van der Waals surface area contributed by atoms with Gasteiger partial charge in [-0.25, -0.2) is 4.79 Å². The Bertz CT molecular complexity index is 747. The summed E-state index contributed by atoms with van der Waals surface area (Å²) in [5, 5.41) is 6.57. The van der Waals surface area contributed by atoms with Crippen molar-refractivity contribution in [3.05, 3.63) is 65.2 Å². The predicted octanol–water partition coefficient (Wildman–Crippen LogP) is 3.84. The molecule has 5 nitrogen and oxygen atoms in total. The van der Waals surface area contributed by atoms with Crippen LogP contribution in [0.2, 0.25) is 5.02 Å². The number of hydrogen-bond donors (Lipinski definition) is 2. The normalized spacial score (nSPS) is 17.9. The third-order valence-electron chi connectivity index (χ3n) is 4.99. The van der Waals surface area contributed by atoms with Gasteiger partial charge in [-0.1, -0.05) is 48.0 Å². The molecule has 1 fully saturated rings. The molecule has 2 amide bonds. The fraction of sp³-hybridized carbons (Fsp3) is 0.381. The van der Waals surface area contributed by atoms with Gasteiger partial charge in [0.25, 0.3) is 0 Å². The van der Waals surface area contributed by atoms with E-state index in [2.05, 4.69) is 58.7 Å². The molecule has 0 bridgehead atoms. The number of likely N-dealkylation sites (N-methyl/N-ethyl adjacent to an activating group) is 1. The van der Waals surface area contributed by atoms with E-state index in [0.29, 0.717) is 10.7 Å². The van der Waals surface area contributed by atoms with E-state index in [1.54, 1.807) is 12.1 Å². The monoisotopic (exact) mass is 386 g/mol. The number of benzene rings is 2. The second-order valence-corrected chi connectivity index (χ2v) is 7.53. The van der Waals surface area contributed by atoms with Crippen LogP contribution in [0.5, 0.6) is 0 Å². The summed E-state index contributed by atoms with van der Waals surface area (Å²) in [5.41, 5.74) is 1.90. The SMILES string of the molecule is C[C@H](NC(=O)Nc1cccc(Cl)c1)[C@H](c1ccccc1)N1CCN(C)CC1. The molecule has 0 spiro atoms. The Morgan fingerprint density at radius 2 is 1.74 bits per heavy atom. The molecule has 2 atom stereocenters. The summed E-state index contributed by atoms with van der Waals surface area (Å²) >= 11 is 6.00. The van der Waals surface area contributed by atoms with Gasteiger partial charge in [0, 0.05) is 42.9 Å². The quantitative estimate of drug-likeness (QED) is 0.820. The summed E-state index contributed by atoms with van der Waals surface area (Å²) in [5.74, 6) is 0. The minimum Gasteiger partial charge on any atom is -0.333 e. The minimum absolute atomic E-state index is 0.0463. The molecule has 1 aliphatic heterocycles. The Hall–Kier alpha value is -2.08. The van der Waals surface area contributed by atoms with E-state index >= 15 is 0 Å². The number of hydrogen-bond acceptors (Lipinski definition) is 3. The number of anilines is 1. The summed E-state index contributed by atoms with van der Waals surface area (Å²) in [6, 6.07) is 17.4. The molecule has 2 N–H and O–H groups in total. The van der Waals surface area contributed by atoms with Gasteiger partial charge in [0.15, 0.2) is 0 Å². The number of urea groups is 1. The zero-order valence-corrected chi connectivity index (χ0v) is 16.6. The lowest BCUT2D eigenvalue weighted by atomic mass is 9.98. The van der Waals surface area contributed by atoms with Crippen LogP contribution in [0.25, 0.3) is 0 Å². The number of amides is 2. The fourth-order valence-electron chi connectivity index (χ4n) is 3.59. The number of rotatable bonds is 5. The first kappa shape index (κ1) is 19.7. The number of nitrogens with one attached hydrogen (secondary N) is 2. The molecule has 0 aliphatic carbocycles. The van der Waals surface area contributed by atoms with Crippen LogP contribution in [-0.4, -0.2) is 55.1 Å². The van der Waals surface area contributed by atoms with Crippen molar-refractivity contribution in [2.75, 3.05) is 38.5 Å². The van der Waals surface area contributed by atoms with Crippen molar-refractivity contribution in [2.45, 2.75) is 19.0 Å². The Morgan fingerprint density at radius 1 is 1.04 bits per heavy atom. The molecule has 0 unspecified atom stereocenters. The van der Waals surface area contributed by atoms with Crippen molar-refractivity contribution in [3.8, 4) is 0 Å². The van der Waals surface area contributed by atoms with Crippen molar-refractivity contribution < 1.29 is 4.79 Å². The van der Waals surface area contributed by atoms with Gasteiger partial charge in [0.1, 0.15) is 0 Å². The van der Waals surface area contributed by atoms with Crippen molar-refractivity contribution >= 4 is 23.3 Å². The van der Waals surface area contributed by atoms with E-state index in [1.165, 1.54) is 5.56 Å². The van der Waals surface area contributed by atoms with Gasteiger partial charge in [0.05, 0.1) is 6.04 Å². The number of carbonyl (C=O) groups excluding carboxylic acids is 1. The van der Waals surface area contributed by atoms with Gasteiger partial charge >= 0.3 is 6.03 Å². The van der Waals surface area contributed by atoms with E-state index < -0.39 is 0 Å². The van der Waals surface area contributed by atoms with Crippen molar-refractivity contribution in [2.24, 2.45) is 0 Å². The minimum atomic E-state index is -0.222. The van der Waals surface area contributed by atoms with Crippen LogP contribution < -0.4 is 10.6 Å². The van der Waals surface area contributed by atoms with E-state index in [0.717, 1.165) is 26.2 Å². The Kier molecular flexibility index (Phi) is 6.72. The number of piperazine rings is 1. The summed E-state index contributed by atoms with van der Waals surface area (Å²) < 4.78 is 0. The van der Waals surface area contributed by atoms with E-state index in [4.69, 9.17) is 11.6 Å². The first-order valence-electron chi connectivity index (χ1n) is 9.33. The van der Waals surface area contributed by atoms with Crippen LogP contribution in [0.1, 0.15) is 18.5 Å². The van der Waals surface area contributed by atoms with E-state index in [-0.39, 0.29) is 18.1 Å². The van der Waals surface area contributed by atoms with Gasteiger partial charge in [-0.05, 0) is 37.7 Å². The zero-order valence-electron chi connectivity index (χ0n) is 15.9. The molecule has 0 aromatic heterocycles. The highest BCUT2D eigenvalue weighted by Gasteiger charge is 2.29. The van der Waals surface area contributed by atoms with Crippen molar-refractivity contribution in [3.63, 3.8) is 0 Å². The van der Waals surface area contributed by atoms with E-state index in [9.17, 15) is 4.79 Å². The van der Waals surface area contributed by atoms with Crippen LogP contribution in [0, 0.1) is 0 Å². The van der Waals surface area contributed by atoms with Crippen LogP contribution in [0.15, 0.2) is 54.6 Å². The standard InChI is InChI=1S/C21H27ClN4O/c1-16(23-21(27)24-19-10-6-9-18(22)15-19)20(17-7-4-3-5-8-17)26-13-11-25(2)12-14-26/h3-10,15-16,20H,11-14H2,1-2H3,(H2,23,24,27)/t16-,20+/m0/s1. The molecule has 2 aromatic carbocycles. The van der Waals surface area contributed by atoms with Crippen LogP contribution in [-0.2, 0) is 0 Å². The second kappa shape index (κ2) is 9.22. The van der Waals surface area contributed by atoms with Crippen molar-refractivity contribution in [1.82, 2.24) is 15.1 Å². The lowest BCUT2D eigenvalue weighted by molar-refractivity contribution is 0.0954. The second-order valence-electron chi connectivity index (χ2n) is 7.09. The molecular formula is C21H27ClN4O. The summed E-state index contributed by atoms with van der Waals surface area (Å²) in [6.07, 6.45) is 0. The van der Waals surface area contributed by atoms with E-state index in [1.807, 2.05) is 18.2 Å².